The highest BCUT2D eigenvalue weighted by Gasteiger charge is 2.28. The van der Waals surface area contributed by atoms with E-state index in [4.69, 9.17) is 0 Å². The summed E-state index contributed by atoms with van der Waals surface area (Å²) in [5.41, 5.74) is 0. The third-order valence-electron chi connectivity index (χ3n) is 3.56. The van der Waals surface area contributed by atoms with Gasteiger partial charge >= 0.3 is 0 Å². The predicted molar refractivity (Wildman–Crippen MR) is 58.9 cm³/mol. The van der Waals surface area contributed by atoms with Crippen molar-refractivity contribution in [2.24, 2.45) is 17.8 Å². The number of carbonyl (C=O) groups excluding carboxylic acids is 1. The lowest BCUT2D eigenvalue weighted by Crippen LogP contribution is -2.45. The van der Waals surface area contributed by atoms with Crippen molar-refractivity contribution in [2.75, 3.05) is 0 Å². The van der Waals surface area contributed by atoms with Crippen LogP contribution in [-0.4, -0.2) is 11.9 Å². The molecule has 1 rings (SSSR count). The molecular formula is C12H23NO. The number of nitrogens with one attached hydrogen (secondary N) is 1. The minimum Gasteiger partial charge on any atom is -0.353 e. The molecule has 1 fully saturated rings. The number of hydrogen-bond donors (Lipinski definition) is 1. The largest absolute Gasteiger partial charge is 0.353 e. The Balaban J connectivity index is 2.47. The Bertz CT molecular complexity index is 200. The van der Waals surface area contributed by atoms with Gasteiger partial charge in [0.05, 0.1) is 0 Å². The first-order valence-electron chi connectivity index (χ1n) is 5.82. The molecular weight excluding hydrogens is 174 g/mol. The van der Waals surface area contributed by atoms with Gasteiger partial charge in [0, 0.05) is 12.0 Å². The molecule has 1 saturated carbocycles. The lowest BCUT2D eigenvalue weighted by molar-refractivity contribution is -0.125. The molecule has 0 aromatic carbocycles. The van der Waals surface area contributed by atoms with Gasteiger partial charge in [0.25, 0.3) is 0 Å². The zero-order valence-electron chi connectivity index (χ0n) is 9.84. The fourth-order valence-corrected chi connectivity index (χ4v) is 2.14. The Kier molecular flexibility index (Phi) is 3.97. The number of hydrogen-bond acceptors (Lipinski definition) is 1. The van der Waals surface area contributed by atoms with Crippen molar-refractivity contribution in [3.05, 3.63) is 0 Å². The molecule has 0 aromatic rings. The van der Waals surface area contributed by atoms with E-state index in [1.165, 1.54) is 12.8 Å². The standard InChI is InChI=1S/C12H23NO/c1-8(2)12(14)13-11-7-5-6-9(3)10(11)4/h8-11H,5-7H2,1-4H3,(H,13,14). The summed E-state index contributed by atoms with van der Waals surface area (Å²) in [6.45, 7) is 8.45. The fourth-order valence-electron chi connectivity index (χ4n) is 2.14. The highest BCUT2D eigenvalue weighted by Crippen LogP contribution is 2.29. The van der Waals surface area contributed by atoms with Gasteiger partial charge in [0.1, 0.15) is 0 Å². The van der Waals surface area contributed by atoms with Crippen LogP contribution in [0.5, 0.6) is 0 Å². The first-order chi connectivity index (χ1) is 6.52. The van der Waals surface area contributed by atoms with Crippen molar-refractivity contribution in [1.29, 1.82) is 0 Å². The molecule has 0 aliphatic heterocycles. The topological polar surface area (TPSA) is 29.1 Å². The first-order valence-corrected chi connectivity index (χ1v) is 5.82. The maximum atomic E-state index is 11.6. The van der Waals surface area contributed by atoms with E-state index in [1.54, 1.807) is 0 Å². The molecule has 0 saturated heterocycles. The Hall–Kier alpha value is -0.530. The van der Waals surface area contributed by atoms with Crippen molar-refractivity contribution in [3.63, 3.8) is 0 Å². The summed E-state index contributed by atoms with van der Waals surface area (Å²) in [5.74, 6) is 1.70. The molecule has 0 radical (unpaired) electrons. The van der Waals surface area contributed by atoms with Crippen LogP contribution in [0.25, 0.3) is 0 Å². The quantitative estimate of drug-likeness (QED) is 0.724. The van der Waals surface area contributed by atoms with E-state index in [0.29, 0.717) is 12.0 Å². The molecule has 0 spiro atoms. The molecule has 1 aliphatic rings. The summed E-state index contributed by atoms with van der Waals surface area (Å²) in [4.78, 5) is 11.6. The van der Waals surface area contributed by atoms with Crippen LogP contribution in [0.15, 0.2) is 0 Å². The maximum absolute atomic E-state index is 11.6. The lowest BCUT2D eigenvalue weighted by atomic mass is 9.78. The second-order valence-corrected chi connectivity index (χ2v) is 5.04. The smallest absolute Gasteiger partial charge is 0.222 e. The van der Waals surface area contributed by atoms with Gasteiger partial charge < -0.3 is 5.32 Å². The molecule has 0 heterocycles. The van der Waals surface area contributed by atoms with Gasteiger partial charge in [-0.1, -0.05) is 40.5 Å². The highest BCUT2D eigenvalue weighted by atomic mass is 16.1. The summed E-state index contributed by atoms with van der Waals surface area (Å²) in [6.07, 6.45) is 3.73. The second-order valence-electron chi connectivity index (χ2n) is 5.04. The second kappa shape index (κ2) is 4.81. The van der Waals surface area contributed by atoms with Gasteiger partial charge in [-0.15, -0.1) is 0 Å². The van der Waals surface area contributed by atoms with E-state index in [9.17, 15) is 4.79 Å². The molecule has 1 amide bonds. The maximum Gasteiger partial charge on any atom is 0.222 e. The molecule has 82 valence electrons. The number of rotatable bonds is 2. The summed E-state index contributed by atoms with van der Waals surface area (Å²) in [6, 6.07) is 0.411. The Labute approximate surface area is 87.5 Å². The van der Waals surface area contributed by atoms with E-state index >= 15 is 0 Å². The summed E-state index contributed by atoms with van der Waals surface area (Å²) < 4.78 is 0. The molecule has 2 nitrogen and oxygen atoms in total. The van der Waals surface area contributed by atoms with E-state index in [2.05, 4.69) is 19.2 Å². The van der Waals surface area contributed by atoms with Gasteiger partial charge in [-0.3, -0.25) is 4.79 Å². The van der Waals surface area contributed by atoms with Crippen LogP contribution < -0.4 is 5.32 Å². The van der Waals surface area contributed by atoms with Gasteiger partial charge in [0.2, 0.25) is 5.91 Å². The Morgan fingerprint density at radius 1 is 1.29 bits per heavy atom. The van der Waals surface area contributed by atoms with Gasteiger partial charge in [-0.25, -0.2) is 0 Å². The molecule has 3 atom stereocenters. The molecule has 1 aliphatic carbocycles. The van der Waals surface area contributed by atoms with Crippen LogP contribution >= 0.6 is 0 Å². The predicted octanol–water partition coefficient (Wildman–Crippen LogP) is 2.58. The average molecular weight is 197 g/mol. The van der Waals surface area contributed by atoms with Crippen molar-refractivity contribution in [3.8, 4) is 0 Å². The van der Waals surface area contributed by atoms with Gasteiger partial charge in [-0.05, 0) is 18.3 Å². The zero-order valence-corrected chi connectivity index (χ0v) is 9.84. The Morgan fingerprint density at radius 3 is 2.50 bits per heavy atom. The molecule has 14 heavy (non-hydrogen) atoms. The minimum atomic E-state index is 0.111. The van der Waals surface area contributed by atoms with Gasteiger partial charge in [-0.2, -0.15) is 0 Å². The number of carbonyl (C=O) groups is 1. The fraction of sp³-hybridized carbons (Fsp3) is 0.917. The number of amides is 1. The van der Waals surface area contributed by atoms with Crippen molar-refractivity contribution in [1.82, 2.24) is 5.32 Å². The van der Waals surface area contributed by atoms with Crippen molar-refractivity contribution < 1.29 is 4.79 Å². The third kappa shape index (κ3) is 2.73. The molecule has 3 unspecified atom stereocenters. The van der Waals surface area contributed by atoms with E-state index in [-0.39, 0.29) is 11.8 Å². The molecule has 2 heteroatoms. The zero-order chi connectivity index (χ0) is 10.7. The lowest BCUT2D eigenvalue weighted by Gasteiger charge is -2.35. The van der Waals surface area contributed by atoms with Crippen molar-refractivity contribution >= 4 is 5.91 Å². The van der Waals surface area contributed by atoms with Crippen LogP contribution in [0.3, 0.4) is 0 Å². The van der Waals surface area contributed by atoms with Crippen LogP contribution in [-0.2, 0) is 4.79 Å². The van der Waals surface area contributed by atoms with Crippen LogP contribution in [0.1, 0.15) is 47.0 Å². The van der Waals surface area contributed by atoms with Gasteiger partial charge in [0.15, 0.2) is 0 Å². The monoisotopic (exact) mass is 197 g/mol. The molecule has 1 N–H and O–H groups in total. The summed E-state index contributed by atoms with van der Waals surface area (Å²) in [7, 11) is 0. The molecule has 0 bridgehead atoms. The average Bonchev–Trinajstić information content (AvgIpc) is 2.12. The minimum absolute atomic E-state index is 0.111. The van der Waals surface area contributed by atoms with Crippen LogP contribution in [0, 0.1) is 17.8 Å². The SMILES string of the molecule is CC(C)C(=O)NC1CCCC(C)C1C. The van der Waals surface area contributed by atoms with Crippen LogP contribution in [0.2, 0.25) is 0 Å². The highest BCUT2D eigenvalue weighted by molar-refractivity contribution is 5.78. The summed E-state index contributed by atoms with van der Waals surface area (Å²) in [5, 5.41) is 3.16. The van der Waals surface area contributed by atoms with E-state index in [0.717, 1.165) is 12.3 Å². The summed E-state index contributed by atoms with van der Waals surface area (Å²) >= 11 is 0. The first kappa shape index (κ1) is 11.5. The van der Waals surface area contributed by atoms with E-state index < -0.39 is 0 Å². The van der Waals surface area contributed by atoms with E-state index in [1.807, 2.05) is 13.8 Å². The van der Waals surface area contributed by atoms with Crippen molar-refractivity contribution in [2.45, 2.75) is 53.0 Å². The normalized spacial score (nSPS) is 33.1. The van der Waals surface area contributed by atoms with Crippen LogP contribution in [0.4, 0.5) is 0 Å². The molecule has 0 aromatic heterocycles. The Morgan fingerprint density at radius 2 is 1.93 bits per heavy atom. The third-order valence-corrected chi connectivity index (χ3v) is 3.56.